The monoisotopic (exact) mass is 383 g/mol. The predicted octanol–water partition coefficient (Wildman–Crippen LogP) is 4.16. The van der Waals surface area contributed by atoms with Gasteiger partial charge in [-0.25, -0.2) is 9.97 Å². The Morgan fingerprint density at radius 1 is 1.08 bits per heavy atom. The SMILES string of the molecule is Cc1sc2nc(SCc3nnc(Cc4ccccc4)o3)nc(N)c2c1C. The summed E-state index contributed by atoms with van der Waals surface area (Å²) in [5, 5.41) is 9.80. The number of hydrogen-bond donors (Lipinski definition) is 1. The van der Waals surface area contributed by atoms with Crippen molar-refractivity contribution in [2.75, 3.05) is 5.73 Å². The molecule has 1 aromatic carbocycles. The van der Waals surface area contributed by atoms with E-state index < -0.39 is 0 Å². The van der Waals surface area contributed by atoms with E-state index in [-0.39, 0.29) is 0 Å². The normalized spacial score (nSPS) is 11.3. The molecular formula is C18H17N5OS2. The quantitative estimate of drug-likeness (QED) is 0.409. The van der Waals surface area contributed by atoms with E-state index in [9.17, 15) is 0 Å². The second-order valence-corrected chi connectivity index (χ2v) is 8.04. The number of hydrogen-bond acceptors (Lipinski definition) is 8. The van der Waals surface area contributed by atoms with Crippen molar-refractivity contribution in [2.24, 2.45) is 0 Å². The van der Waals surface area contributed by atoms with Crippen molar-refractivity contribution in [3.63, 3.8) is 0 Å². The Hall–Kier alpha value is -2.45. The highest BCUT2D eigenvalue weighted by molar-refractivity contribution is 7.98. The third kappa shape index (κ3) is 3.42. The van der Waals surface area contributed by atoms with Gasteiger partial charge in [-0.3, -0.25) is 0 Å². The average Bonchev–Trinajstić information content (AvgIpc) is 3.18. The topological polar surface area (TPSA) is 90.7 Å². The number of fused-ring (bicyclic) bond motifs is 1. The van der Waals surface area contributed by atoms with Crippen LogP contribution in [0, 0.1) is 13.8 Å². The molecular weight excluding hydrogens is 366 g/mol. The Bertz CT molecular complexity index is 1060. The Labute approximate surface area is 158 Å². The van der Waals surface area contributed by atoms with Crippen LogP contribution in [0.4, 0.5) is 5.82 Å². The first-order valence-corrected chi connectivity index (χ1v) is 9.91. The molecule has 4 aromatic rings. The Morgan fingerprint density at radius 2 is 1.85 bits per heavy atom. The summed E-state index contributed by atoms with van der Waals surface area (Å²) >= 11 is 3.08. The fraction of sp³-hybridized carbons (Fsp3) is 0.222. The zero-order valence-corrected chi connectivity index (χ0v) is 16.0. The Morgan fingerprint density at radius 3 is 2.65 bits per heavy atom. The zero-order chi connectivity index (χ0) is 18.1. The van der Waals surface area contributed by atoms with Crippen LogP contribution >= 0.6 is 23.1 Å². The lowest BCUT2D eigenvalue weighted by Crippen LogP contribution is -1.96. The van der Waals surface area contributed by atoms with Crippen LogP contribution in [0.1, 0.15) is 27.8 Å². The molecule has 0 aliphatic heterocycles. The zero-order valence-electron chi connectivity index (χ0n) is 14.4. The van der Waals surface area contributed by atoms with Crippen LogP contribution in [-0.4, -0.2) is 20.2 Å². The summed E-state index contributed by atoms with van der Waals surface area (Å²) in [5.74, 6) is 2.19. The second kappa shape index (κ2) is 7.05. The first-order valence-electron chi connectivity index (χ1n) is 8.11. The van der Waals surface area contributed by atoms with E-state index in [4.69, 9.17) is 10.2 Å². The molecule has 0 saturated carbocycles. The number of benzene rings is 1. The maximum absolute atomic E-state index is 6.12. The number of anilines is 1. The largest absolute Gasteiger partial charge is 0.424 e. The molecule has 0 amide bonds. The van der Waals surface area contributed by atoms with Crippen molar-refractivity contribution >= 4 is 39.1 Å². The van der Waals surface area contributed by atoms with Gasteiger partial charge in [-0.2, -0.15) is 0 Å². The molecule has 0 atom stereocenters. The lowest BCUT2D eigenvalue weighted by atomic mass is 10.2. The van der Waals surface area contributed by atoms with Crippen molar-refractivity contribution in [2.45, 2.75) is 31.2 Å². The molecule has 26 heavy (non-hydrogen) atoms. The number of rotatable bonds is 5. The Kier molecular flexibility index (Phi) is 4.60. The molecule has 0 radical (unpaired) electrons. The summed E-state index contributed by atoms with van der Waals surface area (Å²) in [4.78, 5) is 11.2. The molecule has 8 heteroatoms. The fourth-order valence-corrected chi connectivity index (χ4v) is 4.42. The lowest BCUT2D eigenvalue weighted by Gasteiger charge is -2.01. The van der Waals surface area contributed by atoms with Crippen LogP contribution < -0.4 is 5.73 Å². The minimum Gasteiger partial charge on any atom is -0.424 e. The number of aryl methyl sites for hydroxylation is 2. The number of nitrogen functional groups attached to an aromatic ring is 1. The average molecular weight is 384 g/mol. The summed E-state index contributed by atoms with van der Waals surface area (Å²) in [6.45, 7) is 4.12. The molecule has 0 unspecified atom stereocenters. The van der Waals surface area contributed by atoms with E-state index >= 15 is 0 Å². The van der Waals surface area contributed by atoms with E-state index in [2.05, 4.69) is 27.1 Å². The van der Waals surface area contributed by atoms with E-state index in [0.717, 1.165) is 21.3 Å². The van der Waals surface area contributed by atoms with Crippen LogP contribution in [0.3, 0.4) is 0 Å². The van der Waals surface area contributed by atoms with Gasteiger partial charge in [0.15, 0.2) is 5.16 Å². The summed E-state index contributed by atoms with van der Waals surface area (Å²) < 4.78 is 5.72. The van der Waals surface area contributed by atoms with Crippen LogP contribution in [0.25, 0.3) is 10.2 Å². The van der Waals surface area contributed by atoms with Gasteiger partial charge in [0.2, 0.25) is 11.8 Å². The summed E-state index contributed by atoms with van der Waals surface area (Å²) in [7, 11) is 0. The molecule has 2 N–H and O–H groups in total. The molecule has 4 rings (SSSR count). The maximum atomic E-state index is 6.12. The molecule has 0 bridgehead atoms. The molecule has 0 aliphatic carbocycles. The van der Waals surface area contributed by atoms with E-state index in [1.54, 1.807) is 11.3 Å². The van der Waals surface area contributed by atoms with Gasteiger partial charge in [0.1, 0.15) is 10.6 Å². The Balaban J connectivity index is 1.47. The highest BCUT2D eigenvalue weighted by atomic mass is 32.2. The van der Waals surface area contributed by atoms with Crippen molar-refractivity contribution < 1.29 is 4.42 Å². The summed E-state index contributed by atoms with van der Waals surface area (Å²) in [5.41, 5.74) is 8.41. The van der Waals surface area contributed by atoms with Crippen LogP contribution in [-0.2, 0) is 12.2 Å². The molecule has 3 heterocycles. The number of thioether (sulfide) groups is 1. The molecule has 3 aromatic heterocycles. The van der Waals surface area contributed by atoms with Gasteiger partial charge in [-0.05, 0) is 25.0 Å². The third-order valence-corrected chi connectivity index (χ3v) is 6.00. The summed E-state index contributed by atoms with van der Waals surface area (Å²) in [6, 6.07) is 10.0. The first kappa shape index (κ1) is 17.0. The molecule has 0 fully saturated rings. The highest BCUT2D eigenvalue weighted by Crippen LogP contribution is 2.33. The van der Waals surface area contributed by atoms with Gasteiger partial charge in [-0.15, -0.1) is 21.5 Å². The van der Waals surface area contributed by atoms with Crippen molar-refractivity contribution in [1.29, 1.82) is 0 Å². The van der Waals surface area contributed by atoms with E-state index in [1.807, 2.05) is 37.3 Å². The van der Waals surface area contributed by atoms with Crippen molar-refractivity contribution in [3.8, 4) is 0 Å². The van der Waals surface area contributed by atoms with E-state index in [0.29, 0.717) is 34.9 Å². The highest BCUT2D eigenvalue weighted by Gasteiger charge is 2.14. The fourth-order valence-electron chi connectivity index (χ4n) is 2.64. The molecule has 0 saturated heterocycles. The number of aromatic nitrogens is 4. The van der Waals surface area contributed by atoms with Crippen molar-refractivity contribution in [1.82, 2.24) is 20.2 Å². The van der Waals surface area contributed by atoms with Crippen molar-refractivity contribution in [3.05, 3.63) is 58.1 Å². The lowest BCUT2D eigenvalue weighted by molar-refractivity contribution is 0.474. The first-order chi connectivity index (χ1) is 12.6. The van der Waals surface area contributed by atoms with Gasteiger partial charge in [0, 0.05) is 4.88 Å². The van der Waals surface area contributed by atoms with Crippen LogP contribution in [0.2, 0.25) is 0 Å². The van der Waals surface area contributed by atoms with Gasteiger partial charge in [0.05, 0.1) is 17.6 Å². The van der Waals surface area contributed by atoms with E-state index in [1.165, 1.54) is 16.6 Å². The van der Waals surface area contributed by atoms with Gasteiger partial charge in [0.25, 0.3) is 0 Å². The van der Waals surface area contributed by atoms with Gasteiger partial charge < -0.3 is 10.2 Å². The number of nitrogens with two attached hydrogens (primary N) is 1. The molecule has 132 valence electrons. The molecule has 0 spiro atoms. The molecule has 6 nitrogen and oxygen atoms in total. The summed E-state index contributed by atoms with van der Waals surface area (Å²) in [6.07, 6.45) is 0.627. The predicted molar refractivity (Wildman–Crippen MR) is 104 cm³/mol. The standard InChI is InChI=1S/C18H17N5OS2/c1-10-11(2)26-17-15(10)16(19)20-18(21-17)25-9-14-23-22-13(24-14)8-12-6-4-3-5-7-12/h3-7H,8-9H2,1-2H3,(H2,19,20,21). The van der Waals surface area contributed by atoms with Gasteiger partial charge >= 0.3 is 0 Å². The number of thiophene rings is 1. The third-order valence-electron chi connectivity index (χ3n) is 4.07. The van der Waals surface area contributed by atoms with Gasteiger partial charge in [-0.1, -0.05) is 42.1 Å². The second-order valence-electron chi connectivity index (χ2n) is 5.90. The molecule has 0 aliphatic rings. The minimum atomic E-state index is 0.510. The minimum absolute atomic E-state index is 0.510. The van der Waals surface area contributed by atoms with Crippen LogP contribution in [0.15, 0.2) is 39.9 Å². The number of nitrogens with zero attached hydrogens (tertiary/aromatic N) is 4. The van der Waals surface area contributed by atoms with Crippen LogP contribution in [0.5, 0.6) is 0 Å². The smallest absolute Gasteiger partial charge is 0.226 e. The maximum Gasteiger partial charge on any atom is 0.226 e.